The van der Waals surface area contributed by atoms with Crippen LogP contribution in [-0.2, 0) is 23.8 Å². The topological polar surface area (TPSA) is 127 Å². The summed E-state index contributed by atoms with van der Waals surface area (Å²) in [5, 5.41) is 18.3. The summed E-state index contributed by atoms with van der Waals surface area (Å²) in [7, 11) is 1.88. The highest BCUT2D eigenvalue weighted by atomic mass is 35.5. The lowest BCUT2D eigenvalue weighted by Gasteiger charge is -2.19. The summed E-state index contributed by atoms with van der Waals surface area (Å²) in [5.74, 6) is -0.200. The van der Waals surface area contributed by atoms with Gasteiger partial charge in [-0.2, -0.15) is 15.3 Å². The van der Waals surface area contributed by atoms with Crippen LogP contribution in [0.1, 0.15) is 24.2 Å². The second-order valence-electron chi connectivity index (χ2n) is 6.70. The van der Waals surface area contributed by atoms with Crippen LogP contribution in [0.3, 0.4) is 0 Å². The molecule has 150 valence electrons. The monoisotopic (exact) mass is 424 g/mol. The van der Waals surface area contributed by atoms with E-state index in [0.717, 1.165) is 35.5 Å². The SMILES string of the molecule is Cl.Cl.Cn1cnc(CC(N)C(=O)NC2(c3ccc(-c4cn[nH]c4)nn3)CC2)c1. The summed E-state index contributed by atoms with van der Waals surface area (Å²) >= 11 is 0. The fourth-order valence-corrected chi connectivity index (χ4v) is 2.92. The van der Waals surface area contributed by atoms with Gasteiger partial charge in [-0.15, -0.1) is 24.8 Å². The molecule has 4 rings (SSSR count). The Hall–Kier alpha value is -2.49. The number of rotatable bonds is 6. The van der Waals surface area contributed by atoms with E-state index in [0.29, 0.717) is 6.42 Å². The van der Waals surface area contributed by atoms with Crippen molar-refractivity contribution in [3.05, 3.63) is 48.4 Å². The minimum Gasteiger partial charge on any atom is -0.344 e. The molecule has 9 nitrogen and oxygen atoms in total. The standard InChI is InChI=1S/C17H20N8O.2ClH/c1-25-9-12(19-10-25)6-13(18)16(26)22-17(4-5-17)15-3-2-14(23-24-15)11-7-20-21-8-11;;/h2-3,7-10,13H,4-6,18H2,1H3,(H,20,21)(H,22,26);2*1H. The van der Waals surface area contributed by atoms with E-state index >= 15 is 0 Å². The van der Waals surface area contributed by atoms with Crippen molar-refractivity contribution in [2.75, 3.05) is 0 Å². The molecule has 0 aliphatic heterocycles. The summed E-state index contributed by atoms with van der Waals surface area (Å²) in [4.78, 5) is 16.7. The Bertz CT molecular complexity index is 906. The molecule has 1 saturated carbocycles. The molecule has 1 atom stereocenters. The number of hydrogen-bond acceptors (Lipinski definition) is 6. The second kappa shape index (κ2) is 8.68. The molecular weight excluding hydrogens is 403 g/mol. The van der Waals surface area contributed by atoms with Crippen LogP contribution >= 0.6 is 24.8 Å². The van der Waals surface area contributed by atoms with Crippen LogP contribution in [0.15, 0.2) is 37.1 Å². The molecule has 4 N–H and O–H groups in total. The Balaban J connectivity index is 0.00000140. The van der Waals surface area contributed by atoms with E-state index < -0.39 is 11.6 Å². The van der Waals surface area contributed by atoms with Crippen molar-refractivity contribution in [3.8, 4) is 11.3 Å². The maximum absolute atomic E-state index is 12.5. The number of halogens is 2. The highest BCUT2D eigenvalue weighted by molar-refractivity contribution is 5.85. The lowest BCUT2D eigenvalue weighted by molar-refractivity contribution is -0.123. The first-order chi connectivity index (χ1) is 12.6. The van der Waals surface area contributed by atoms with Crippen molar-refractivity contribution >= 4 is 30.7 Å². The average molecular weight is 425 g/mol. The predicted molar refractivity (Wildman–Crippen MR) is 108 cm³/mol. The number of nitrogens with zero attached hydrogens (tertiary/aromatic N) is 5. The second-order valence-corrected chi connectivity index (χ2v) is 6.70. The number of aryl methyl sites for hydroxylation is 1. The smallest absolute Gasteiger partial charge is 0.238 e. The van der Waals surface area contributed by atoms with Crippen LogP contribution in [-0.4, -0.2) is 41.9 Å². The van der Waals surface area contributed by atoms with Gasteiger partial charge in [-0.05, 0) is 25.0 Å². The van der Waals surface area contributed by atoms with Crippen molar-refractivity contribution in [1.29, 1.82) is 0 Å². The number of H-pyrrole nitrogens is 1. The molecule has 0 bridgehead atoms. The number of aromatic amines is 1. The van der Waals surface area contributed by atoms with Gasteiger partial charge >= 0.3 is 0 Å². The van der Waals surface area contributed by atoms with Crippen molar-refractivity contribution in [3.63, 3.8) is 0 Å². The highest BCUT2D eigenvalue weighted by Crippen LogP contribution is 2.44. The van der Waals surface area contributed by atoms with Crippen LogP contribution < -0.4 is 11.1 Å². The van der Waals surface area contributed by atoms with Crippen molar-refractivity contribution in [1.82, 2.24) is 35.3 Å². The van der Waals surface area contributed by atoms with Crippen molar-refractivity contribution < 1.29 is 4.79 Å². The molecule has 1 aliphatic rings. The molecule has 0 saturated heterocycles. The van der Waals surface area contributed by atoms with E-state index in [1.54, 1.807) is 18.7 Å². The zero-order valence-corrected chi connectivity index (χ0v) is 16.8. The Morgan fingerprint density at radius 1 is 1.36 bits per heavy atom. The van der Waals surface area contributed by atoms with Gasteiger partial charge in [0.25, 0.3) is 0 Å². The van der Waals surface area contributed by atoms with Gasteiger partial charge in [-0.25, -0.2) is 4.98 Å². The maximum Gasteiger partial charge on any atom is 0.238 e. The molecule has 0 spiro atoms. The van der Waals surface area contributed by atoms with Gasteiger partial charge in [0.05, 0.1) is 41.2 Å². The first kappa shape index (κ1) is 21.8. The summed E-state index contributed by atoms with van der Waals surface area (Å²) < 4.78 is 1.83. The Kier molecular flexibility index (Phi) is 6.76. The third kappa shape index (κ3) is 4.49. The molecule has 1 unspecified atom stereocenters. The molecular formula is C17H22Cl2N8O. The minimum absolute atomic E-state index is 0. The Morgan fingerprint density at radius 2 is 2.14 bits per heavy atom. The number of hydrogen-bond donors (Lipinski definition) is 3. The number of nitrogens with one attached hydrogen (secondary N) is 2. The van der Waals surface area contributed by atoms with Gasteiger partial charge in [0.2, 0.25) is 5.91 Å². The van der Waals surface area contributed by atoms with E-state index in [-0.39, 0.29) is 30.7 Å². The summed E-state index contributed by atoms with van der Waals surface area (Å²) in [6.45, 7) is 0. The maximum atomic E-state index is 12.5. The lowest BCUT2D eigenvalue weighted by atomic mass is 10.1. The van der Waals surface area contributed by atoms with Crippen LogP contribution in [0.4, 0.5) is 0 Å². The number of nitrogens with two attached hydrogens (primary N) is 1. The molecule has 0 radical (unpaired) electrons. The fraction of sp³-hybridized carbons (Fsp3) is 0.353. The Morgan fingerprint density at radius 3 is 2.68 bits per heavy atom. The normalized spacial score (nSPS) is 15.1. The number of carbonyl (C=O) groups excluding carboxylic acids is 1. The minimum atomic E-state index is -0.652. The number of aromatic nitrogens is 6. The first-order valence-corrected chi connectivity index (χ1v) is 8.43. The number of amides is 1. The van der Waals surface area contributed by atoms with Crippen molar-refractivity contribution in [2.24, 2.45) is 12.8 Å². The average Bonchev–Trinajstić information content (AvgIpc) is 3.04. The third-order valence-corrected chi connectivity index (χ3v) is 4.59. The number of imidazole rings is 1. The van der Waals surface area contributed by atoms with E-state index in [2.05, 4.69) is 30.7 Å². The van der Waals surface area contributed by atoms with Crippen LogP contribution in [0.5, 0.6) is 0 Å². The third-order valence-electron chi connectivity index (χ3n) is 4.59. The van der Waals surface area contributed by atoms with E-state index in [9.17, 15) is 4.79 Å². The van der Waals surface area contributed by atoms with E-state index in [1.807, 2.05) is 29.9 Å². The largest absolute Gasteiger partial charge is 0.344 e. The Labute approximate surface area is 174 Å². The summed E-state index contributed by atoms with van der Waals surface area (Å²) in [5.41, 5.74) is 8.75. The molecule has 3 aromatic heterocycles. The van der Waals surface area contributed by atoms with E-state index in [1.165, 1.54) is 0 Å². The zero-order valence-electron chi connectivity index (χ0n) is 15.2. The van der Waals surface area contributed by atoms with E-state index in [4.69, 9.17) is 5.73 Å². The number of carbonyl (C=O) groups is 1. The van der Waals surface area contributed by atoms with Gasteiger partial charge in [-0.1, -0.05) is 0 Å². The predicted octanol–water partition coefficient (Wildman–Crippen LogP) is 1.12. The summed E-state index contributed by atoms with van der Waals surface area (Å²) in [6, 6.07) is 3.13. The highest BCUT2D eigenvalue weighted by Gasteiger charge is 2.48. The summed E-state index contributed by atoms with van der Waals surface area (Å²) in [6.07, 6.45) is 9.06. The van der Waals surface area contributed by atoms with Gasteiger partial charge in [-0.3, -0.25) is 9.89 Å². The molecule has 28 heavy (non-hydrogen) atoms. The van der Waals surface area contributed by atoms with Gasteiger partial charge < -0.3 is 15.6 Å². The van der Waals surface area contributed by atoms with Crippen LogP contribution in [0, 0.1) is 0 Å². The van der Waals surface area contributed by atoms with Gasteiger partial charge in [0.15, 0.2) is 0 Å². The molecule has 1 amide bonds. The lowest BCUT2D eigenvalue weighted by Crippen LogP contribution is -2.46. The zero-order chi connectivity index (χ0) is 18.1. The fourth-order valence-electron chi connectivity index (χ4n) is 2.92. The first-order valence-electron chi connectivity index (χ1n) is 8.43. The molecule has 3 aromatic rings. The molecule has 1 fully saturated rings. The van der Waals surface area contributed by atoms with Crippen molar-refractivity contribution in [2.45, 2.75) is 30.8 Å². The molecule has 11 heteroatoms. The quantitative estimate of drug-likeness (QED) is 0.543. The molecule has 3 heterocycles. The van der Waals surface area contributed by atoms with Crippen LogP contribution in [0.2, 0.25) is 0 Å². The molecule has 0 aromatic carbocycles. The van der Waals surface area contributed by atoms with Gasteiger partial charge in [0, 0.05) is 31.4 Å². The molecule has 1 aliphatic carbocycles. The van der Waals surface area contributed by atoms with Crippen LogP contribution in [0.25, 0.3) is 11.3 Å². The van der Waals surface area contributed by atoms with Gasteiger partial charge in [0.1, 0.15) is 0 Å².